The van der Waals surface area contributed by atoms with Crippen molar-refractivity contribution in [3.05, 3.63) is 95.6 Å². The molecule has 1 aliphatic rings. The van der Waals surface area contributed by atoms with Crippen LogP contribution >= 0.6 is 0 Å². The number of hydrogen-bond donors (Lipinski definition) is 1. The van der Waals surface area contributed by atoms with Gasteiger partial charge in [-0.15, -0.1) is 0 Å². The highest BCUT2D eigenvalue weighted by molar-refractivity contribution is 6.04. The number of ether oxygens (including phenoxy) is 1. The Balaban J connectivity index is 1.56. The lowest BCUT2D eigenvalue weighted by Gasteiger charge is -2.23. The molecule has 5 rings (SSSR count). The monoisotopic (exact) mass is 503 g/mol. The van der Waals surface area contributed by atoms with Crippen LogP contribution in [-0.2, 0) is 10.9 Å². The molecule has 1 heterocycles. The molecule has 190 valence electrons. The maximum Gasteiger partial charge on any atom is 0.416 e. The lowest BCUT2D eigenvalue weighted by molar-refractivity contribution is -0.137. The molecule has 1 saturated heterocycles. The van der Waals surface area contributed by atoms with Crippen LogP contribution in [0.15, 0.2) is 78.9 Å². The third-order valence-electron chi connectivity index (χ3n) is 7.04. The van der Waals surface area contributed by atoms with Gasteiger partial charge in [-0.1, -0.05) is 48.5 Å². The van der Waals surface area contributed by atoms with E-state index in [1.54, 1.807) is 13.0 Å². The normalized spacial score (nSPS) is 14.6. The number of esters is 1. The van der Waals surface area contributed by atoms with E-state index < -0.39 is 17.7 Å². The van der Waals surface area contributed by atoms with Gasteiger partial charge < -0.3 is 10.1 Å². The molecule has 1 fully saturated rings. The average Bonchev–Trinajstić information content (AvgIpc) is 2.92. The zero-order chi connectivity index (χ0) is 26.0. The first kappa shape index (κ1) is 25.0. The van der Waals surface area contributed by atoms with E-state index >= 15 is 0 Å². The number of benzene rings is 4. The first-order chi connectivity index (χ1) is 17.8. The number of piperidine rings is 1. The molecule has 0 atom stereocenters. The molecular formula is C31H28F3NO2. The summed E-state index contributed by atoms with van der Waals surface area (Å²) in [6.07, 6.45) is -2.14. The van der Waals surface area contributed by atoms with Crippen LogP contribution in [0.1, 0.15) is 47.2 Å². The highest BCUT2D eigenvalue weighted by Gasteiger charge is 2.30. The number of rotatable bonds is 5. The van der Waals surface area contributed by atoms with Crippen molar-refractivity contribution in [3.8, 4) is 22.3 Å². The molecule has 0 bridgehead atoms. The Labute approximate surface area is 214 Å². The van der Waals surface area contributed by atoms with Crippen LogP contribution in [0, 0.1) is 0 Å². The zero-order valence-corrected chi connectivity index (χ0v) is 20.6. The summed E-state index contributed by atoms with van der Waals surface area (Å²) in [5.74, 6) is 0.140. The van der Waals surface area contributed by atoms with Gasteiger partial charge in [0, 0.05) is 0 Å². The molecule has 0 amide bonds. The summed E-state index contributed by atoms with van der Waals surface area (Å²) in [4.78, 5) is 12.7. The van der Waals surface area contributed by atoms with E-state index in [0.717, 1.165) is 65.5 Å². The number of halogens is 3. The van der Waals surface area contributed by atoms with Crippen LogP contribution in [-0.4, -0.2) is 25.7 Å². The number of alkyl halides is 3. The molecule has 37 heavy (non-hydrogen) atoms. The van der Waals surface area contributed by atoms with Crippen molar-refractivity contribution in [3.63, 3.8) is 0 Å². The molecule has 0 spiro atoms. The molecule has 1 aliphatic heterocycles. The Hall–Kier alpha value is -3.64. The third kappa shape index (κ3) is 5.39. The predicted molar refractivity (Wildman–Crippen MR) is 141 cm³/mol. The van der Waals surface area contributed by atoms with Crippen LogP contribution in [0.3, 0.4) is 0 Å². The van der Waals surface area contributed by atoms with E-state index in [0.29, 0.717) is 17.0 Å². The summed E-state index contributed by atoms with van der Waals surface area (Å²) in [5, 5.41) is 5.18. The summed E-state index contributed by atoms with van der Waals surface area (Å²) < 4.78 is 44.3. The first-order valence-electron chi connectivity index (χ1n) is 12.6. The SMILES string of the molecule is CCOC(=O)c1cc(-c2ccc(C3CCNCC3)cc2)c2ccc(-c3ccc(C(F)(F)F)cc3)cc2c1. The van der Waals surface area contributed by atoms with Gasteiger partial charge in [-0.3, -0.25) is 0 Å². The maximum atomic E-state index is 13.0. The molecule has 0 saturated carbocycles. The standard InChI is InChI=1S/C31H28F3NO2/c1-2-37-30(36)26-18-25-17-24(21-7-10-27(11-8-21)31(32,33)34)9-12-28(25)29(19-26)23-5-3-20(4-6-23)22-13-15-35-16-14-22/h3-12,17-19,22,35H,2,13-16H2,1H3. The summed E-state index contributed by atoms with van der Waals surface area (Å²) in [6.45, 7) is 4.09. The number of carbonyl (C=O) groups is 1. The number of nitrogens with one attached hydrogen (secondary N) is 1. The van der Waals surface area contributed by atoms with Crippen molar-refractivity contribution in [2.24, 2.45) is 0 Å². The smallest absolute Gasteiger partial charge is 0.416 e. The van der Waals surface area contributed by atoms with Crippen molar-refractivity contribution in [2.75, 3.05) is 19.7 Å². The highest BCUT2D eigenvalue weighted by Crippen LogP contribution is 2.36. The van der Waals surface area contributed by atoms with Gasteiger partial charge in [-0.2, -0.15) is 13.2 Å². The summed E-state index contributed by atoms with van der Waals surface area (Å²) in [6, 6.07) is 23.1. The van der Waals surface area contributed by atoms with Crippen molar-refractivity contribution >= 4 is 16.7 Å². The summed E-state index contributed by atoms with van der Waals surface area (Å²) >= 11 is 0. The topological polar surface area (TPSA) is 38.3 Å². The van der Waals surface area contributed by atoms with E-state index in [1.165, 1.54) is 17.7 Å². The average molecular weight is 504 g/mol. The van der Waals surface area contributed by atoms with Gasteiger partial charge in [0.15, 0.2) is 0 Å². The zero-order valence-electron chi connectivity index (χ0n) is 20.6. The number of carbonyl (C=O) groups excluding carboxylic acids is 1. The van der Waals surface area contributed by atoms with Gasteiger partial charge in [0.1, 0.15) is 0 Å². The van der Waals surface area contributed by atoms with Crippen molar-refractivity contribution in [1.82, 2.24) is 5.32 Å². The van der Waals surface area contributed by atoms with Crippen molar-refractivity contribution in [1.29, 1.82) is 0 Å². The van der Waals surface area contributed by atoms with Crippen LogP contribution in [0.2, 0.25) is 0 Å². The Bertz CT molecular complexity index is 1400. The lowest BCUT2D eigenvalue weighted by atomic mass is 9.88. The molecule has 0 radical (unpaired) electrons. The van der Waals surface area contributed by atoms with Gasteiger partial charge in [0.25, 0.3) is 0 Å². The molecule has 6 heteroatoms. The molecule has 1 N–H and O–H groups in total. The van der Waals surface area contributed by atoms with E-state index in [4.69, 9.17) is 4.74 Å². The quantitative estimate of drug-likeness (QED) is 0.282. The maximum absolute atomic E-state index is 13.0. The van der Waals surface area contributed by atoms with E-state index in [1.807, 2.05) is 24.3 Å². The Morgan fingerprint density at radius 3 is 2.16 bits per heavy atom. The first-order valence-corrected chi connectivity index (χ1v) is 12.6. The molecule has 0 unspecified atom stereocenters. The second kappa shape index (κ2) is 10.4. The highest BCUT2D eigenvalue weighted by atomic mass is 19.4. The molecule has 4 aromatic rings. The largest absolute Gasteiger partial charge is 0.462 e. The van der Waals surface area contributed by atoms with Crippen molar-refractivity contribution in [2.45, 2.75) is 31.9 Å². The van der Waals surface area contributed by atoms with Gasteiger partial charge in [0.2, 0.25) is 0 Å². The minimum absolute atomic E-state index is 0.267. The Morgan fingerprint density at radius 1 is 0.865 bits per heavy atom. The Kier molecular flexibility index (Phi) is 7.02. The van der Waals surface area contributed by atoms with Gasteiger partial charge in [-0.05, 0) is 108 Å². The molecule has 4 aromatic carbocycles. The van der Waals surface area contributed by atoms with Crippen molar-refractivity contribution < 1.29 is 22.7 Å². The fourth-order valence-electron chi connectivity index (χ4n) is 5.06. The van der Waals surface area contributed by atoms with Gasteiger partial charge in [0.05, 0.1) is 17.7 Å². The molecule has 0 aliphatic carbocycles. The fraction of sp³-hybridized carbons (Fsp3) is 0.258. The summed E-state index contributed by atoms with van der Waals surface area (Å²) in [5.41, 5.74) is 4.43. The second-order valence-corrected chi connectivity index (χ2v) is 9.40. The van der Waals surface area contributed by atoms with Crippen LogP contribution < -0.4 is 5.32 Å². The van der Waals surface area contributed by atoms with E-state index in [9.17, 15) is 18.0 Å². The summed E-state index contributed by atoms with van der Waals surface area (Å²) in [7, 11) is 0. The van der Waals surface area contributed by atoms with Gasteiger partial charge >= 0.3 is 12.1 Å². The molecule has 3 nitrogen and oxygen atoms in total. The lowest BCUT2D eigenvalue weighted by Crippen LogP contribution is -2.26. The second-order valence-electron chi connectivity index (χ2n) is 9.40. The van der Waals surface area contributed by atoms with Crippen LogP contribution in [0.5, 0.6) is 0 Å². The number of hydrogen-bond acceptors (Lipinski definition) is 3. The van der Waals surface area contributed by atoms with Gasteiger partial charge in [-0.25, -0.2) is 4.79 Å². The van der Waals surface area contributed by atoms with E-state index in [-0.39, 0.29) is 6.61 Å². The minimum Gasteiger partial charge on any atom is -0.462 e. The van der Waals surface area contributed by atoms with Crippen LogP contribution in [0.4, 0.5) is 13.2 Å². The molecule has 0 aromatic heterocycles. The third-order valence-corrected chi connectivity index (χ3v) is 7.04. The molecular weight excluding hydrogens is 475 g/mol. The predicted octanol–water partition coefficient (Wildman–Crippen LogP) is 7.84. The van der Waals surface area contributed by atoms with E-state index in [2.05, 4.69) is 29.6 Å². The van der Waals surface area contributed by atoms with Crippen LogP contribution in [0.25, 0.3) is 33.0 Å². The Morgan fingerprint density at radius 2 is 1.51 bits per heavy atom. The minimum atomic E-state index is -4.38. The fourth-order valence-corrected chi connectivity index (χ4v) is 5.06. The number of fused-ring (bicyclic) bond motifs is 1.